The van der Waals surface area contributed by atoms with E-state index in [2.05, 4.69) is 15.0 Å². The molecule has 0 saturated carbocycles. The standard InChI is InChI=1S/C9H12ClN4O4P/c1-6(18-5-19(15,16)17)2-14-4-13-7-8(10)11-3-12-9(7)14/h3-4,6H,2,5H2,1H3,(H2,15,16,17). The average Bonchev–Trinajstić information content (AvgIpc) is 2.71. The van der Waals surface area contributed by atoms with Gasteiger partial charge in [0.05, 0.1) is 19.0 Å². The molecule has 0 saturated heterocycles. The van der Waals surface area contributed by atoms with Gasteiger partial charge in [0.2, 0.25) is 0 Å². The van der Waals surface area contributed by atoms with Crippen molar-refractivity contribution in [3.8, 4) is 0 Å². The molecule has 2 aromatic heterocycles. The molecule has 0 radical (unpaired) electrons. The number of aromatic nitrogens is 4. The molecule has 0 aliphatic rings. The van der Waals surface area contributed by atoms with E-state index in [0.717, 1.165) is 0 Å². The Morgan fingerprint density at radius 2 is 2.21 bits per heavy atom. The fourth-order valence-corrected chi connectivity index (χ4v) is 2.17. The maximum absolute atomic E-state index is 10.7. The SMILES string of the molecule is CC(Cn1cnc2c(Cl)ncnc21)OCP(=O)(O)O. The van der Waals surface area contributed by atoms with Crippen molar-refractivity contribution in [1.29, 1.82) is 0 Å². The largest absolute Gasteiger partial charge is 0.364 e. The smallest absolute Gasteiger partial charge is 0.350 e. The second kappa shape index (κ2) is 5.52. The Balaban J connectivity index is 2.09. The number of rotatable bonds is 5. The van der Waals surface area contributed by atoms with E-state index in [1.165, 1.54) is 12.7 Å². The molecular formula is C9H12ClN4O4P. The highest BCUT2D eigenvalue weighted by molar-refractivity contribution is 7.51. The first kappa shape index (κ1) is 14.4. The molecule has 1 unspecified atom stereocenters. The van der Waals surface area contributed by atoms with Crippen molar-refractivity contribution in [3.05, 3.63) is 17.8 Å². The van der Waals surface area contributed by atoms with Crippen LogP contribution in [0.2, 0.25) is 5.15 Å². The minimum atomic E-state index is -4.16. The first-order valence-electron chi connectivity index (χ1n) is 5.34. The lowest BCUT2D eigenvalue weighted by molar-refractivity contribution is 0.0764. The van der Waals surface area contributed by atoms with Crippen LogP contribution in [0.15, 0.2) is 12.7 Å². The summed E-state index contributed by atoms with van der Waals surface area (Å²) in [4.78, 5) is 29.4. The molecule has 104 valence electrons. The van der Waals surface area contributed by atoms with Crippen molar-refractivity contribution in [1.82, 2.24) is 19.5 Å². The number of hydrogen-bond donors (Lipinski definition) is 2. The summed E-state index contributed by atoms with van der Waals surface area (Å²) in [6.45, 7) is 2.05. The predicted molar refractivity (Wildman–Crippen MR) is 67.8 cm³/mol. The monoisotopic (exact) mass is 306 g/mol. The van der Waals surface area contributed by atoms with E-state index in [4.69, 9.17) is 26.1 Å². The minimum Gasteiger partial charge on any atom is -0.364 e. The number of ether oxygens (including phenoxy) is 1. The molecule has 0 amide bonds. The fraction of sp³-hybridized carbons (Fsp3) is 0.444. The van der Waals surface area contributed by atoms with Gasteiger partial charge >= 0.3 is 7.60 Å². The van der Waals surface area contributed by atoms with Crippen molar-refractivity contribution in [2.45, 2.75) is 19.6 Å². The highest BCUT2D eigenvalue weighted by Crippen LogP contribution is 2.34. The van der Waals surface area contributed by atoms with Crippen LogP contribution in [0.4, 0.5) is 0 Å². The Kier molecular flexibility index (Phi) is 4.17. The lowest BCUT2D eigenvalue weighted by atomic mass is 10.4. The van der Waals surface area contributed by atoms with Crippen LogP contribution in [0.3, 0.4) is 0 Å². The van der Waals surface area contributed by atoms with Gasteiger partial charge in [0.15, 0.2) is 10.8 Å². The van der Waals surface area contributed by atoms with E-state index < -0.39 is 20.0 Å². The van der Waals surface area contributed by atoms with Crippen molar-refractivity contribution in [3.63, 3.8) is 0 Å². The van der Waals surface area contributed by atoms with Crippen LogP contribution >= 0.6 is 19.2 Å². The van der Waals surface area contributed by atoms with Gasteiger partial charge in [0.25, 0.3) is 0 Å². The maximum atomic E-state index is 10.7. The van der Waals surface area contributed by atoms with Gasteiger partial charge < -0.3 is 19.1 Å². The molecule has 0 aliphatic carbocycles. The van der Waals surface area contributed by atoms with E-state index in [0.29, 0.717) is 17.7 Å². The van der Waals surface area contributed by atoms with Crippen LogP contribution < -0.4 is 0 Å². The van der Waals surface area contributed by atoms with Crippen molar-refractivity contribution < 1.29 is 19.1 Å². The summed E-state index contributed by atoms with van der Waals surface area (Å²) in [5.41, 5.74) is 1.03. The summed E-state index contributed by atoms with van der Waals surface area (Å²) in [6, 6.07) is 0. The molecule has 2 heterocycles. The molecule has 1 atom stereocenters. The third kappa shape index (κ3) is 3.71. The second-order valence-corrected chi connectivity index (χ2v) is 5.95. The fourth-order valence-electron chi connectivity index (χ4n) is 1.54. The second-order valence-electron chi connectivity index (χ2n) is 4.00. The maximum Gasteiger partial charge on any atom is 0.350 e. The molecule has 19 heavy (non-hydrogen) atoms. The average molecular weight is 307 g/mol. The number of hydrogen-bond acceptors (Lipinski definition) is 5. The third-order valence-electron chi connectivity index (χ3n) is 2.34. The van der Waals surface area contributed by atoms with Crippen LogP contribution in [-0.2, 0) is 15.8 Å². The quantitative estimate of drug-likeness (QED) is 0.626. The van der Waals surface area contributed by atoms with Crippen LogP contribution in [0, 0.1) is 0 Å². The van der Waals surface area contributed by atoms with Crippen LogP contribution in [0.5, 0.6) is 0 Å². The number of halogens is 1. The summed E-state index contributed by atoms with van der Waals surface area (Å²) >= 11 is 5.87. The van der Waals surface area contributed by atoms with Gasteiger partial charge in [-0.25, -0.2) is 15.0 Å². The summed E-state index contributed by atoms with van der Waals surface area (Å²) in [5.74, 6) is 0. The molecule has 10 heteroatoms. The zero-order chi connectivity index (χ0) is 14.0. The highest BCUT2D eigenvalue weighted by atomic mass is 35.5. The molecule has 0 aliphatic heterocycles. The van der Waals surface area contributed by atoms with Crippen LogP contribution in [0.25, 0.3) is 11.2 Å². The molecule has 0 bridgehead atoms. The van der Waals surface area contributed by atoms with Gasteiger partial charge in [0.1, 0.15) is 18.2 Å². The third-order valence-corrected chi connectivity index (χ3v) is 3.10. The van der Waals surface area contributed by atoms with E-state index in [1.807, 2.05) is 0 Å². The molecular weight excluding hydrogens is 295 g/mol. The summed E-state index contributed by atoms with van der Waals surface area (Å²) < 4.78 is 17.5. The number of imidazole rings is 1. The Morgan fingerprint density at radius 1 is 1.47 bits per heavy atom. The molecule has 0 aromatic carbocycles. The van der Waals surface area contributed by atoms with Gasteiger partial charge in [0, 0.05) is 0 Å². The van der Waals surface area contributed by atoms with Gasteiger partial charge in [-0.3, -0.25) is 4.57 Å². The summed E-state index contributed by atoms with van der Waals surface area (Å²) in [6.07, 6.45) is 1.84. The van der Waals surface area contributed by atoms with Gasteiger partial charge in [-0.2, -0.15) is 0 Å². The molecule has 2 N–H and O–H groups in total. The molecule has 8 nitrogen and oxygen atoms in total. The lowest BCUT2D eigenvalue weighted by Crippen LogP contribution is -2.17. The van der Waals surface area contributed by atoms with Crippen LogP contribution in [0.1, 0.15) is 6.92 Å². The molecule has 0 fully saturated rings. The van der Waals surface area contributed by atoms with Crippen molar-refractivity contribution >= 4 is 30.4 Å². The van der Waals surface area contributed by atoms with Crippen molar-refractivity contribution in [2.24, 2.45) is 0 Å². The van der Waals surface area contributed by atoms with E-state index in [-0.39, 0.29) is 5.15 Å². The van der Waals surface area contributed by atoms with Gasteiger partial charge in [-0.15, -0.1) is 0 Å². The Bertz CT molecular complexity index is 628. The van der Waals surface area contributed by atoms with E-state index in [1.54, 1.807) is 11.5 Å². The zero-order valence-electron chi connectivity index (χ0n) is 9.97. The summed E-state index contributed by atoms with van der Waals surface area (Å²) in [5, 5.41) is 0.257. The Labute approximate surface area is 113 Å². The first-order valence-corrected chi connectivity index (χ1v) is 7.52. The number of fused-ring (bicyclic) bond motifs is 1. The first-order chi connectivity index (χ1) is 8.87. The van der Waals surface area contributed by atoms with E-state index in [9.17, 15) is 4.57 Å². The predicted octanol–water partition coefficient (Wildman–Crippen LogP) is 1.02. The van der Waals surface area contributed by atoms with Gasteiger partial charge in [-0.1, -0.05) is 11.6 Å². The van der Waals surface area contributed by atoms with E-state index >= 15 is 0 Å². The molecule has 0 spiro atoms. The lowest BCUT2D eigenvalue weighted by Gasteiger charge is -2.14. The Hall–Kier alpha value is -1.05. The van der Waals surface area contributed by atoms with Crippen LogP contribution in [-0.4, -0.2) is 41.8 Å². The summed E-state index contributed by atoms with van der Waals surface area (Å²) in [7, 11) is -4.16. The highest BCUT2D eigenvalue weighted by Gasteiger charge is 2.17. The zero-order valence-corrected chi connectivity index (χ0v) is 11.6. The number of nitrogens with zero attached hydrogens (tertiary/aromatic N) is 4. The topological polar surface area (TPSA) is 110 Å². The van der Waals surface area contributed by atoms with Crippen molar-refractivity contribution in [2.75, 3.05) is 6.35 Å². The minimum absolute atomic E-state index is 0.257. The normalized spacial score (nSPS) is 13.9. The van der Waals surface area contributed by atoms with Gasteiger partial charge in [-0.05, 0) is 6.92 Å². The Morgan fingerprint density at radius 3 is 2.89 bits per heavy atom. The molecule has 2 rings (SSSR count). The molecule has 2 aromatic rings.